The van der Waals surface area contributed by atoms with E-state index in [-0.39, 0.29) is 6.61 Å². The highest BCUT2D eigenvalue weighted by Gasteiger charge is 2.10. The third-order valence-corrected chi connectivity index (χ3v) is 2.93. The number of aliphatic hydroxyl groups is 1. The monoisotopic (exact) mass is 276 g/mol. The highest BCUT2D eigenvalue weighted by atomic mass is 16.5. The minimum absolute atomic E-state index is 0.117. The van der Waals surface area contributed by atoms with Gasteiger partial charge in [-0.05, 0) is 23.8 Å². The summed E-state index contributed by atoms with van der Waals surface area (Å²) >= 11 is 0. The molecule has 108 valence electrons. The Balaban J connectivity index is 1.97. The maximum absolute atomic E-state index is 9.17. The number of aromatic nitrogens is 1. The summed E-state index contributed by atoms with van der Waals surface area (Å²) in [6.45, 7) is 2.57. The van der Waals surface area contributed by atoms with Gasteiger partial charge in [0.2, 0.25) is 0 Å². The summed E-state index contributed by atoms with van der Waals surface area (Å²) in [6.07, 6.45) is 3.59. The van der Waals surface area contributed by atoms with Gasteiger partial charge in [0.05, 0.1) is 13.2 Å². The molecule has 0 aliphatic carbocycles. The summed E-state index contributed by atoms with van der Waals surface area (Å²) in [5.41, 5.74) is 1.12. The Morgan fingerprint density at radius 2 is 2.10 bits per heavy atom. The summed E-state index contributed by atoms with van der Waals surface area (Å²) in [5.74, 6) is 1.68. The zero-order valence-corrected chi connectivity index (χ0v) is 11.7. The molecule has 0 unspecified atom stereocenters. The van der Waals surface area contributed by atoms with Crippen LogP contribution in [0.3, 0.4) is 0 Å². The van der Waals surface area contributed by atoms with Crippen molar-refractivity contribution in [2.24, 2.45) is 0 Å². The average molecular weight is 276 g/mol. The second-order valence-corrected chi connectivity index (χ2v) is 4.60. The molecule has 2 rings (SSSR count). The molecule has 0 bridgehead atoms. The lowest BCUT2D eigenvalue weighted by atomic mass is 10.2. The Morgan fingerprint density at radius 1 is 1.25 bits per heavy atom. The average Bonchev–Trinajstić information content (AvgIpc) is 2.88. The van der Waals surface area contributed by atoms with Crippen molar-refractivity contribution in [3.8, 4) is 0 Å². The van der Waals surface area contributed by atoms with Gasteiger partial charge < -0.3 is 14.3 Å². The Hall–Kier alpha value is -1.69. The second-order valence-electron chi connectivity index (χ2n) is 4.60. The van der Waals surface area contributed by atoms with Crippen molar-refractivity contribution in [3.63, 3.8) is 0 Å². The van der Waals surface area contributed by atoms with Crippen LogP contribution in [0, 0.1) is 0 Å². The lowest BCUT2D eigenvalue weighted by Gasteiger charge is -2.19. The van der Waals surface area contributed by atoms with Crippen LogP contribution in [-0.2, 0) is 24.4 Å². The normalized spacial score (nSPS) is 11.2. The van der Waals surface area contributed by atoms with E-state index in [2.05, 4.69) is 9.88 Å². The van der Waals surface area contributed by atoms with E-state index in [9.17, 15) is 5.11 Å². The molecule has 0 aromatic carbocycles. The highest BCUT2D eigenvalue weighted by Crippen LogP contribution is 2.13. The molecule has 0 aliphatic heterocycles. The summed E-state index contributed by atoms with van der Waals surface area (Å²) in [7, 11) is 1.64. The third-order valence-electron chi connectivity index (χ3n) is 2.93. The van der Waals surface area contributed by atoms with E-state index >= 15 is 0 Å². The van der Waals surface area contributed by atoms with Crippen LogP contribution in [0.5, 0.6) is 0 Å². The first kappa shape index (κ1) is 14.7. The molecule has 5 nitrogen and oxygen atoms in total. The molecule has 0 saturated carbocycles. The molecule has 2 aromatic heterocycles. The summed E-state index contributed by atoms with van der Waals surface area (Å²) < 4.78 is 10.7. The SMILES string of the molecule is COCc1ccc(CN(CCO)Cc2cccnc2)o1. The molecule has 2 aromatic rings. The van der Waals surface area contributed by atoms with E-state index in [1.54, 1.807) is 13.3 Å². The molecular formula is C15H20N2O3. The summed E-state index contributed by atoms with van der Waals surface area (Å²) in [4.78, 5) is 6.22. The van der Waals surface area contributed by atoms with Crippen molar-refractivity contribution in [2.75, 3.05) is 20.3 Å². The number of nitrogens with zero attached hydrogens (tertiary/aromatic N) is 2. The molecule has 0 amide bonds. The largest absolute Gasteiger partial charge is 0.462 e. The number of ether oxygens (including phenoxy) is 1. The standard InChI is InChI=1S/C15H20N2O3/c1-19-12-15-5-4-14(20-15)11-17(7-8-18)10-13-3-2-6-16-9-13/h2-6,9,18H,7-8,10-12H2,1H3. The van der Waals surface area contributed by atoms with E-state index in [4.69, 9.17) is 9.15 Å². The van der Waals surface area contributed by atoms with E-state index in [1.807, 2.05) is 30.5 Å². The molecule has 1 N–H and O–H groups in total. The quantitative estimate of drug-likeness (QED) is 0.797. The van der Waals surface area contributed by atoms with Gasteiger partial charge >= 0.3 is 0 Å². The molecule has 0 saturated heterocycles. The molecule has 20 heavy (non-hydrogen) atoms. The van der Waals surface area contributed by atoms with E-state index < -0.39 is 0 Å². The third kappa shape index (κ3) is 4.45. The van der Waals surface area contributed by atoms with Crippen molar-refractivity contribution in [1.29, 1.82) is 0 Å². The van der Waals surface area contributed by atoms with Crippen LogP contribution in [0.1, 0.15) is 17.1 Å². The first-order valence-electron chi connectivity index (χ1n) is 6.60. The minimum atomic E-state index is 0.117. The maximum Gasteiger partial charge on any atom is 0.129 e. The van der Waals surface area contributed by atoms with Crippen LogP contribution >= 0.6 is 0 Å². The van der Waals surface area contributed by atoms with E-state index in [0.29, 0.717) is 19.7 Å². The lowest BCUT2D eigenvalue weighted by Crippen LogP contribution is -2.25. The Morgan fingerprint density at radius 3 is 2.80 bits per heavy atom. The molecule has 2 heterocycles. The van der Waals surface area contributed by atoms with Gasteiger partial charge in [0.1, 0.15) is 18.1 Å². The zero-order chi connectivity index (χ0) is 14.2. The molecule has 0 radical (unpaired) electrons. The van der Waals surface area contributed by atoms with Crippen molar-refractivity contribution >= 4 is 0 Å². The van der Waals surface area contributed by atoms with Gasteiger partial charge in [-0.25, -0.2) is 0 Å². The van der Waals surface area contributed by atoms with Gasteiger partial charge in [0.15, 0.2) is 0 Å². The van der Waals surface area contributed by atoms with Crippen molar-refractivity contribution in [1.82, 2.24) is 9.88 Å². The van der Waals surface area contributed by atoms with Crippen LogP contribution in [0.25, 0.3) is 0 Å². The zero-order valence-electron chi connectivity index (χ0n) is 11.7. The molecule has 0 fully saturated rings. The number of rotatable bonds is 8. The number of methoxy groups -OCH3 is 1. The van der Waals surface area contributed by atoms with E-state index in [0.717, 1.165) is 23.6 Å². The van der Waals surface area contributed by atoms with Gasteiger partial charge in [-0.2, -0.15) is 0 Å². The molecule has 0 spiro atoms. The van der Waals surface area contributed by atoms with Crippen LogP contribution in [0.2, 0.25) is 0 Å². The van der Waals surface area contributed by atoms with Gasteiger partial charge in [0.25, 0.3) is 0 Å². The molecule has 0 atom stereocenters. The number of aliphatic hydroxyl groups excluding tert-OH is 1. The topological polar surface area (TPSA) is 58.7 Å². The highest BCUT2D eigenvalue weighted by molar-refractivity contribution is 5.10. The molecule has 0 aliphatic rings. The van der Waals surface area contributed by atoms with Gasteiger partial charge in [-0.15, -0.1) is 0 Å². The van der Waals surface area contributed by atoms with Crippen LogP contribution in [0.15, 0.2) is 41.1 Å². The summed E-state index contributed by atoms with van der Waals surface area (Å²) in [6, 6.07) is 7.80. The van der Waals surface area contributed by atoms with Crippen molar-refractivity contribution < 1.29 is 14.3 Å². The minimum Gasteiger partial charge on any atom is -0.462 e. The van der Waals surface area contributed by atoms with Crippen LogP contribution in [0.4, 0.5) is 0 Å². The smallest absolute Gasteiger partial charge is 0.129 e. The number of furan rings is 1. The van der Waals surface area contributed by atoms with Gasteiger partial charge in [-0.1, -0.05) is 6.07 Å². The second kappa shape index (κ2) is 7.79. The first-order chi connectivity index (χ1) is 9.81. The molecular weight excluding hydrogens is 256 g/mol. The van der Waals surface area contributed by atoms with Gasteiger partial charge in [-0.3, -0.25) is 9.88 Å². The maximum atomic E-state index is 9.17. The number of pyridine rings is 1. The summed E-state index contributed by atoms with van der Waals surface area (Å²) in [5, 5.41) is 9.17. The predicted molar refractivity (Wildman–Crippen MR) is 74.9 cm³/mol. The van der Waals surface area contributed by atoms with Gasteiger partial charge in [0, 0.05) is 32.6 Å². The van der Waals surface area contributed by atoms with Crippen molar-refractivity contribution in [2.45, 2.75) is 19.7 Å². The fourth-order valence-electron chi connectivity index (χ4n) is 2.05. The fourth-order valence-corrected chi connectivity index (χ4v) is 2.05. The lowest BCUT2D eigenvalue weighted by molar-refractivity contribution is 0.152. The number of hydrogen-bond donors (Lipinski definition) is 1. The predicted octanol–water partition coefficient (Wildman–Crippen LogP) is 1.82. The Bertz CT molecular complexity index is 499. The molecule has 5 heteroatoms. The van der Waals surface area contributed by atoms with E-state index in [1.165, 1.54) is 0 Å². The van der Waals surface area contributed by atoms with Crippen LogP contribution in [-0.4, -0.2) is 35.3 Å². The van der Waals surface area contributed by atoms with Crippen LogP contribution < -0.4 is 0 Å². The Labute approximate surface area is 118 Å². The fraction of sp³-hybridized carbons (Fsp3) is 0.400. The number of hydrogen-bond acceptors (Lipinski definition) is 5. The van der Waals surface area contributed by atoms with Crippen molar-refractivity contribution in [3.05, 3.63) is 53.7 Å². The first-order valence-corrected chi connectivity index (χ1v) is 6.60. The Kier molecular flexibility index (Phi) is 5.73.